The molecule has 36 heavy (non-hydrogen) atoms. The Bertz CT molecular complexity index is 1080. The molecule has 0 radical (unpaired) electrons. The smallest absolute Gasteiger partial charge is 0.415 e. The third-order valence-electron chi connectivity index (χ3n) is 6.04. The van der Waals surface area contributed by atoms with Gasteiger partial charge in [-0.25, -0.2) is 4.57 Å². The predicted octanol–water partition coefficient (Wildman–Crippen LogP) is 3.95. The summed E-state index contributed by atoms with van der Waals surface area (Å²) in [6, 6.07) is 12.7. The lowest BCUT2D eigenvalue weighted by molar-refractivity contribution is -0.132. The van der Waals surface area contributed by atoms with Gasteiger partial charge in [-0.1, -0.05) is 0 Å². The number of carbonyl (C=O) groups excluding carboxylic acids is 3. The maximum Gasteiger partial charge on any atom is 0.453 e. The summed E-state index contributed by atoms with van der Waals surface area (Å²) in [7, 11) is -3.94. The summed E-state index contributed by atoms with van der Waals surface area (Å²) >= 11 is 0. The van der Waals surface area contributed by atoms with Crippen LogP contribution in [0.1, 0.15) is 39.5 Å². The minimum Gasteiger partial charge on any atom is -0.415 e. The molecule has 2 saturated heterocycles. The topological polar surface area (TPSA) is 126 Å². The molecule has 2 aliphatic rings. The van der Waals surface area contributed by atoms with E-state index in [0.717, 1.165) is 19.4 Å². The first-order valence-electron chi connectivity index (χ1n) is 12.0. The predicted molar refractivity (Wildman–Crippen MR) is 136 cm³/mol. The lowest BCUT2D eigenvalue weighted by Crippen LogP contribution is -2.46. The van der Waals surface area contributed by atoms with E-state index in [9.17, 15) is 18.9 Å². The van der Waals surface area contributed by atoms with Gasteiger partial charge in [0.15, 0.2) is 5.78 Å². The second-order valence-electron chi connectivity index (χ2n) is 8.94. The summed E-state index contributed by atoms with van der Waals surface area (Å²) in [4.78, 5) is 37.5. The summed E-state index contributed by atoms with van der Waals surface area (Å²) in [6.45, 7) is 4.07. The molecule has 0 saturated carbocycles. The van der Waals surface area contributed by atoms with Crippen molar-refractivity contribution < 1.29 is 28.0 Å². The molecule has 2 fully saturated rings. The van der Waals surface area contributed by atoms with Crippen molar-refractivity contribution >= 4 is 36.7 Å². The number of nitrogens with zero attached hydrogens (tertiary/aromatic N) is 1. The first-order valence-corrected chi connectivity index (χ1v) is 13.6. The van der Waals surface area contributed by atoms with E-state index >= 15 is 0 Å². The molecule has 4 rings (SSSR count). The number of rotatable bonds is 8. The molecule has 2 aromatic rings. The molecule has 11 heteroatoms. The zero-order valence-electron chi connectivity index (χ0n) is 20.4. The standard InChI is InChI=1S/C25H31N4O6P/c1-17(30)27-19-7-11-21(12-8-19)34-36(33,35-22-13-9-20(10-14-22)28-18(2)31)24-6-4-16-29(24)25(32)23-5-3-15-26-23/h7-14,23-24,26H,3-6,15-16H2,1-2H3,(H,27,30)(H,28,31)/t23-,24-/m0/s1. The van der Waals surface area contributed by atoms with E-state index in [2.05, 4.69) is 16.0 Å². The Morgan fingerprint density at radius 1 is 0.861 bits per heavy atom. The fraction of sp³-hybridized carbons (Fsp3) is 0.400. The van der Waals surface area contributed by atoms with Crippen LogP contribution in [0, 0.1) is 0 Å². The van der Waals surface area contributed by atoms with E-state index in [1.54, 1.807) is 53.4 Å². The van der Waals surface area contributed by atoms with E-state index in [-0.39, 0.29) is 23.8 Å². The van der Waals surface area contributed by atoms with Gasteiger partial charge >= 0.3 is 7.60 Å². The quantitative estimate of drug-likeness (QED) is 0.456. The van der Waals surface area contributed by atoms with Crippen molar-refractivity contribution in [1.82, 2.24) is 10.2 Å². The highest BCUT2D eigenvalue weighted by Gasteiger charge is 2.48. The van der Waals surface area contributed by atoms with Crippen molar-refractivity contribution in [3.8, 4) is 11.5 Å². The van der Waals surface area contributed by atoms with Crippen molar-refractivity contribution in [2.24, 2.45) is 0 Å². The first kappa shape index (κ1) is 25.7. The lowest BCUT2D eigenvalue weighted by Gasteiger charge is -2.32. The molecular formula is C25H31N4O6P. The van der Waals surface area contributed by atoms with Gasteiger partial charge in [-0.2, -0.15) is 0 Å². The van der Waals surface area contributed by atoms with Crippen molar-refractivity contribution in [3.05, 3.63) is 48.5 Å². The van der Waals surface area contributed by atoms with Crippen molar-refractivity contribution in [2.75, 3.05) is 23.7 Å². The highest BCUT2D eigenvalue weighted by molar-refractivity contribution is 7.55. The van der Waals surface area contributed by atoms with E-state index in [4.69, 9.17) is 9.05 Å². The number of likely N-dealkylation sites (tertiary alicyclic amines) is 1. The maximum absolute atomic E-state index is 14.4. The van der Waals surface area contributed by atoms with Crippen LogP contribution in [0.3, 0.4) is 0 Å². The average Bonchev–Trinajstić information content (AvgIpc) is 3.54. The summed E-state index contributed by atoms with van der Waals surface area (Å²) < 4.78 is 26.5. The zero-order valence-corrected chi connectivity index (χ0v) is 21.3. The van der Waals surface area contributed by atoms with Gasteiger partial charge in [0, 0.05) is 31.8 Å². The molecule has 0 unspecified atom stereocenters. The molecule has 3 N–H and O–H groups in total. The molecule has 2 aromatic carbocycles. The third kappa shape index (κ3) is 6.25. The second-order valence-corrected chi connectivity index (χ2v) is 11.0. The van der Waals surface area contributed by atoms with E-state index < -0.39 is 13.4 Å². The molecule has 2 heterocycles. The number of nitrogens with one attached hydrogen (secondary N) is 3. The van der Waals surface area contributed by atoms with Gasteiger partial charge in [-0.05, 0) is 80.8 Å². The van der Waals surface area contributed by atoms with Gasteiger partial charge in [0.25, 0.3) is 0 Å². The molecule has 10 nitrogen and oxygen atoms in total. The fourth-order valence-corrected chi connectivity index (χ4v) is 6.65. The molecule has 2 atom stereocenters. The van der Waals surface area contributed by atoms with Crippen LogP contribution in [-0.2, 0) is 18.9 Å². The number of hydrogen-bond acceptors (Lipinski definition) is 7. The Hall–Kier alpha value is -3.36. The summed E-state index contributed by atoms with van der Waals surface area (Å²) in [5.74, 6) is -0.676. The van der Waals surface area contributed by atoms with Crippen LogP contribution in [-0.4, -0.2) is 47.5 Å². The van der Waals surface area contributed by atoms with E-state index in [0.29, 0.717) is 42.3 Å². The molecule has 0 aromatic heterocycles. The molecule has 192 valence electrons. The van der Waals surface area contributed by atoms with E-state index in [1.807, 2.05) is 0 Å². The fourth-order valence-electron chi connectivity index (χ4n) is 4.47. The Kier molecular flexibility index (Phi) is 7.96. The Morgan fingerprint density at radius 2 is 1.39 bits per heavy atom. The average molecular weight is 515 g/mol. The Balaban J connectivity index is 1.60. The largest absolute Gasteiger partial charge is 0.453 e. The number of benzene rings is 2. The van der Waals surface area contributed by atoms with Gasteiger partial charge in [0.2, 0.25) is 17.7 Å². The van der Waals surface area contributed by atoms with Crippen LogP contribution in [0.2, 0.25) is 0 Å². The third-order valence-corrected chi connectivity index (χ3v) is 8.24. The van der Waals surface area contributed by atoms with Crippen LogP contribution < -0.4 is 25.0 Å². The minimum absolute atomic E-state index is 0.0931. The van der Waals surface area contributed by atoms with Gasteiger partial charge in [0.1, 0.15) is 11.5 Å². The van der Waals surface area contributed by atoms with Crippen LogP contribution >= 0.6 is 7.60 Å². The minimum atomic E-state index is -3.94. The SMILES string of the molecule is CC(=O)Nc1ccc(OP(=O)(Oc2ccc(NC(C)=O)cc2)[C@H]2CCCN2C(=O)[C@@H]2CCCN2)cc1. The Morgan fingerprint density at radius 3 is 1.83 bits per heavy atom. The molecule has 2 aliphatic heterocycles. The highest BCUT2D eigenvalue weighted by Crippen LogP contribution is 2.57. The van der Waals surface area contributed by atoms with Gasteiger partial charge in [-0.15, -0.1) is 0 Å². The zero-order chi connectivity index (χ0) is 25.7. The van der Waals surface area contributed by atoms with Crippen molar-refractivity contribution in [1.29, 1.82) is 0 Å². The molecule has 0 bridgehead atoms. The van der Waals surface area contributed by atoms with Crippen molar-refractivity contribution in [2.45, 2.75) is 51.4 Å². The molecule has 0 aliphatic carbocycles. The molecular weight excluding hydrogens is 483 g/mol. The number of anilines is 2. The van der Waals surface area contributed by atoms with Crippen LogP contribution in [0.25, 0.3) is 0 Å². The van der Waals surface area contributed by atoms with Gasteiger partial charge in [-0.3, -0.25) is 14.4 Å². The second kappa shape index (κ2) is 11.1. The van der Waals surface area contributed by atoms with Gasteiger partial charge in [0.05, 0.1) is 6.04 Å². The monoisotopic (exact) mass is 514 g/mol. The summed E-state index contributed by atoms with van der Waals surface area (Å²) in [5.41, 5.74) is 1.15. The first-order chi connectivity index (χ1) is 17.2. The lowest BCUT2D eigenvalue weighted by atomic mass is 10.2. The highest BCUT2D eigenvalue weighted by atomic mass is 31.2. The van der Waals surface area contributed by atoms with Crippen LogP contribution in [0.4, 0.5) is 11.4 Å². The molecule has 3 amide bonds. The van der Waals surface area contributed by atoms with Crippen LogP contribution in [0.15, 0.2) is 48.5 Å². The summed E-state index contributed by atoms with van der Waals surface area (Å²) in [6.07, 6.45) is 2.82. The number of carbonyl (C=O) groups is 3. The van der Waals surface area contributed by atoms with Gasteiger partial charge < -0.3 is 29.9 Å². The van der Waals surface area contributed by atoms with Crippen molar-refractivity contribution in [3.63, 3.8) is 0 Å². The maximum atomic E-state index is 14.4. The normalized spacial score (nSPS) is 19.6. The number of hydrogen-bond donors (Lipinski definition) is 3. The number of amides is 3. The summed E-state index contributed by atoms with van der Waals surface area (Å²) in [5, 5.41) is 8.57. The molecule has 0 spiro atoms. The van der Waals surface area contributed by atoms with Crippen LogP contribution in [0.5, 0.6) is 11.5 Å². The Labute approximate surface area is 210 Å². The van der Waals surface area contributed by atoms with E-state index in [1.165, 1.54) is 13.8 Å².